The predicted molar refractivity (Wildman–Crippen MR) is 139 cm³/mol. The Balaban J connectivity index is 1.35. The summed E-state index contributed by atoms with van der Waals surface area (Å²) in [6, 6.07) is 3.21. The second-order valence-electron chi connectivity index (χ2n) is 9.48. The number of ether oxygens (including phenoxy) is 1. The van der Waals surface area contributed by atoms with Gasteiger partial charge < -0.3 is 30.1 Å². The summed E-state index contributed by atoms with van der Waals surface area (Å²) in [7, 11) is 1.59. The molecule has 2 amide bonds. The number of nitrogens with one attached hydrogen (secondary N) is 2. The van der Waals surface area contributed by atoms with E-state index in [1.54, 1.807) is 18.1 Å². The molecule has 0 saturated carbocycles. The molecular formula is C24H31F3N10O2. The summed E-state index contributed by atoms with van der Waals surface area (Å²) in [5.74, 6) is 2.11. The van der Waals surface area contributed by atoms with Crippen LogP contribution < -0.4 is 20.4 Å². The molecule has 2 fully saturated rings. The number of carbonyl (C=O) groups excluding carboxylic acids is 1. The van der Waals surface area contributed by atoms with Crippen molar-refractivity contribution in [3.8, 4) is 0 Å². The summed E-state index contributed by atoms with van der Waals surface area (Å²) in [5.41, 5.74) is 0.318. The van der Waals surface area contributed by atoms with E-state index in [0.29, 0.717) is 73.6 Å². The van der Waals surface area contributed by atoms with Crippen LogP contribution in [0.4, 0.5) is 41.4 Å². The minimum atomic E-state index is -4.39. The Hall–Kier alpha value is -3.88. The van der Waals surface area contributed by atoms with Crippen LogP contribution >= 0.6 is 0 Å². The van der Waals surface area contributed by atoms with Gasteiger partial charge in [-0.15, -0.1) is 0 Å². The van der Waals surface area contributed by atoms with E-state index in [0.717, 1.165) is 30.6 Å². The highest BCUT2D eigenvalue weighted by Crippen LogP contribution is 2.27. The summed E-state index contributed by atoms with van der Waals surface area (Å²) in [4.78, 5) is 32.2. The summed E-state index contributed by atoms with van der Waals surface area (Å²) in [6.07, 6.45) is 0.557. The van der Waals surface area contributed by atoms with E-state index in [9.17, 15) is 18.0 Å². The number of aromatic nitrogens is 5. The molecular weight excluding hydrogens is 517 g/mol. The number of carbonyl (C=O) groups is 1. The summed E-state index contributed by atoms with van der Waals surface area (Å²) in [5, 5.41) is 10.4. The summed E-state index contributed by atoms with van der Waals surface area (Å²) < 4.78 is 44.9. The number of hydrogen-bond acceptors (Lipinski definition) is 9. The Bertz CT molecular complexity index is 1290. The van der Waals surface area contributed by atoms with Gasteiger partial charge in [-0.2, -0.15) is 28.2 Å². The quantitative estimate of drug-likeness (QED) is 0.410. The molecule has 0 aliphatic carbocycles. The lowest BCUT2D eigenvalue weighted by atomic mass is 10.3. The van der Waals surface area contributed by atoms with Crippen LogP contribution in [0.2, 0.25) is 0 Å². The molecule has 2 aliphatic heterocycles. The van der Waals surface area contributed by atoms with Crippen molar-refractivity contribution in [2.45, 2.75) is 25.6 Å². The van der Waals surface area contributed by atoms with E-state index < -0.39 is 12.7 Å². The second kappa shape index (κ2) is 11.5. The van der Waals surface area contributed by atoms with Gasteiger partial charge >= 0.3 is 12.2 Å². The van der Waals surface area contributed by atoms with Gasteiger partial charge in [0.2, 0.25) is 5.95 Å². The van der Waals surface area contributed by atoms with Gasteiger partial charge in [0, 0.05) is 76.6 Å². The summed E-state index contributed by atoms with van der Waals surface area (Å²) >= 11 is 0. The lowest BCUT2D eigenvalue weighted by Crippen LogP contribution is -2.52. The maximum Gasteiger partial charge on any atom is 0.408 e. The number of amides is 2. The molecule has 0 radical (unpaired) electrons. The fraction of sp³-hybridized carbons (Fsp3) is 0.542. The SMILES string of the molecule is COCCNC(=O)N1CCN(c2cc(Nc3cc4c(cn3)cnn4CC(F)(F)F)nc(N3CCCC3)n2)CC1. The van der Waals surface area contributed by atoms with E-state index in [4.69, 9.17) is 9.72 Å². The first-order chi connectivity index (χ1) is 18.8. The molecule has 0 aromatic carbocycles. The van der Waals surface area contributed by atoms with Crippen molar-refractivity contribution >= 4 is 40.3 Å². The lowest BCUT2D eigenvalue weighted by molar-refractivity contribution is -0.141. The van der Waals surface area contributed by atoms with Crippen LogP contribution in [0.3, 0.4) is 0 Å². The molecule has 3 aromatic heterocycles. The first-order valence-corrected chi connectivity index (χ1v) is 12.8. The highest BCUT2D eigenvalue weighted by atomic mass is 19.4. The third-order valence-corrected chi connectivity index (χ3v) is 6.67. The molecule has 2 N–H and O–H groups in total. The molecule has 3 aromatic rings. The fourth-order valence-corrected chi connectivity index (χ4v) is 4.68. The second-order valence-corrected chi connectivity index (χ2v) is 9.48. The average Bonchev–Trinajstić information content (AvgIpc) is 3.59. The number of halogens is 3. The van der Waals surface area contributed by atoms with E-state index in [2.05, 4.69) is 35.5 Å². The number of rotatable bonds is 8. The highest BCUT2D eigenvalue weighted by molar-refractivity contribution is 5.81. The van der Waals surface area contributed by atoms with Gasteiger partial charge in [0.25, 0.3) is 0 Å². The molecule has 15 heteroatoms. The van der Waals surface area contributed by atoms with Gasteiger partial charge in [0.1, 0.15) is 24.0 Å². The van der Waals surface area contributed by atoms with Gasteiger partial charge in [-0.05, 0) is 12.8 Å². The van der Waals surface area contributed by atoms with Crippen LogP contribution in [0.25, 0.3) is 10.9 Å². The third-order valence-electron chi connectivity index (χ3n) is 6.67. The molecule has 2 aliphatic rings. The standard InChI is InChI=1S/C24H31F3N10O2/c1-39-11-4-28-23(38)36-9-7-34(8-10-36)21-13-20(32-22(33-21)35-5-2-3-6-35)31-19-12-18-17(14-29-19)15-30-37(18)16-24(25,26)27/h12-15H,2-11,16H2,1H3,(H,28,38)(H,29,31,32,33). The number of fused-ring (bicyclic) bond motifs is 1. The molecule has 0 atom stereocenters. The largest absolute Gasteiger partial charge is 0.408 e. The lowest BCUT2D eigenvalue weighted by Gasteiger charge is -2.35. The summed E-state index contributed by atoms with van der Waals surface area (Å²) in [6.45, 7) is 3.66. The first kappa shape index (κ1) is 26.7. The van der Waals surface area contributed by atoms with E-state index in [-0.39, 0.29) is 6.03 Å². The van der Waals surface area contributed by atoms with E-state index in [1.807, 2.05) is 0 Å². The Morgan fingerprint density at radius 2 is 1.77 bits per heavy atom. The molecule has 0 spiro atoms. The Labute approximate surface area is 223 Å². The van der Waals surface area contributed by atoms with E-state index >= 15 is 0 Å². The average molecular weight is 549 g/mol. The number of methoxy groups -OCH3 is 1. The zero-order chi connectivity index (χ0) is 27.4. The Morgan fingerprint density at radius 3 is 2.49 bits per heavy atom. The minimum absolute atomic E-state index is 0.124. The fourth-order valence-electron chi connectivity index (χ4n) is 4.68. The minimum Gasteiger partial charge on any atom is -0.383 e. The third kappa shape index (κ3) is 6.58. The van der Waals surface area contributed by atoms with Crippen LogP contribution in [0.5, 0.6) is 0 Å². The normalized spacial score (nSPS) is 16.3. The predicted octanol–water partition coefficient (Wildman–Crippen LogP) is 2.61. The van der Waals surface area contributed by atoms with Crippen LogP contribution in [0.15, 0.2) is 24.5 Å². The topological polar surface area (TPSA) is 117 Å². The highest BCUT2D eigenvalue weighted by Gasteiger charge is 2.29. The van der Waals surface area contributed by atoms with E-state index in [1.165, 1.54) is 18.5 Å². The molecule has 5 heterocycles. The number of hydrogen-bond donors (Lipinski definition) is 2. The Kier molecular flexibility index (Phi) is 7.86. The molecule has 0 unspecified atom stereocenters. The zero-order valence-electron chi connectivity index (χ0n) is 21.6. The number of alkyl halides is 3. The van der Waals surface area contributed by atoms with Crippen molar-refractivity contribution in [3.63, 3.8) is 0 Å². The van der Waals surface area contributed by atoms with Crippen molar-refractivity contribution in [1.29, 1.82) is 0 Å². The van der Waals surface area contributed by atoms with Gasteiger partial charge in [0.15, 0.2) is 0 Å². The van der Waals surface area contributed by atoms with Crippen molar-refractivity contribution in [2.75, 3.05) is 74.6 Å². The molecule has 12 nitrogen and oxygen atoms in total. The molecule has 2 saturated heterocycles. The number of urea groups is 1. The number of nitrogens with zero attached hydrogens (tertiary/aromatic N) is 8. The Morgan fingerprint density at radius 1 is 1.00 bits per heavy atom. The monoisotopic (exact) mass is 548 g/mol. The molecule has 39 heavy (non-hydrogen) atoms. The van der Waals surface area contributed by atoms with Crippen molar-refractivity contribution in [2.24, 2.45) is 0 Å². The van der Waals surface area contributed by atoms with Crippen LogP contribution in [0.1, 0.15) is 12.8 Å². The number of pyridine rings is 1. The molecule has 210 valence electrons. The molecule has 0 bridgehead atoms. The smallest absolute Gasteiger partial charge is 0.383 e. The van der Waals surface area contributed by atoms with Gasteiger partial charge in [0.05, 0.1) is 18.3 Å². The van der Waals surface area contributed by atoms with Gasteiger partial charge in [-0.3, -0.25) is 4.68 Å². The zero-order valence-corrected chi connectivity index (χ0v) is 21.6. The van der Waals surface area contributed by atoms with Crippen LogP contribution in [-0.4, -0.2) is 101 Å². The van der Waals surface area contributed by atoms with Crippen LogP contribution in [-0.2, 0) is 11.3 Å². The maximum absolute atomic E-state index is 13.0. The first-order valence-electron chi connectivity index (χ1n) is 12.8. The van der Waals surface area contributed by atoms with Gasteiger partial charge in [-0.1, -0.05) is 0 Å². The van der Waals surface area contributed by atoms with Crippen molar-refractivity contribution in [3.05, 3.63) is 24.5 Å². The van der Waals surface area contributed by atoms with Gasteiger partial charge in [-0.25, -0.2) is 9.78 Å². The van der Waals surface area contributed by atoms with Crippen molar-refractivity contribution < 1.29 is 22.7 Å². The van der Waals surface area contributed by atoms with Crippen LogP contribution in [0, 0.1) is 0 Å². The van der Waals surface area contributed by atoms with Crippen molar-refractivity contribution in [1.82, 2.24) is 34.9 Å². The maximum atomic E-state index is 13.0. The molecule has 5 rings (SSSR count). The number of anilines is 4. The number of piperazine rings is 1.